The highest BCUT2D eigenvalue weighted by atomic mass is 16.5. The predicted molar refractivity (Wildman–Crippen MR) is 121 cm³/mol. The monoisotopic (exact) mass is 417 g/mol. The molecule has 1 saturated carbocycles. The zero-order valence-electron chi connectivity index (χ0n) is 19.9. The van der Waals surface area contributed by atoms with Crippen LogP contribution in [0.1, 0.15) is 50.2 Å². The van der Waals surface area contributed by atoms with E-state index in [9.17, 15) is 4.79 Å². The Bertz CT molecular complexity index is 742. The van der Waals surface area contributed by atoms with Gasteiger partial charge in [-0.3, -0.25) is 4.79 Å². The van der Waals surface area contributed by atoms with Crippen LogP contribution < -0.4 is 4.74 Å². The maximum absolute atomic E-state index is 10.3. The van der Waals surface area contributed by atoms with E-state index in [2.05, 4.69) is 51.3 Å². The summed E-state index contributed by atoms with van der Waals surface area (Å²) in [4.78, 5) is 12.9. The minimum atomic E-state index is -0.201. The molecule has 1 aromatic carbocycles. The molecule has 1 saturated heterocycles. The number of methoxy groups -OCH3 is 1. The third kappa shape index (κ3) is 5.00. The van der Waals surface area contributed by atoms with E-state index in [0.29, 0.717) is 12.0 Å². The van der Waals surface area contributed by atoms with Crippen LogP contribution in [-0.4, -0.2) is 76.4 Å². The van der Waals surface area contributed by atoms with Gasteiger partial charge in [-0.2, -0.15) is 0 Å². The molecule has 3 aliphatic rings. The average Bonchev–Trinajstić information content (AvgIpc) is 2.69. The first-order valence-electron chi connectivity index (χ1n) is 11.5. The third-order valence-electron chi connectivity index (χ3n) is 7.39. The Labute approximate surface area is 182 Å². The molecule has 0 aromatic heterocycles. The summed E-state index contributed by atoms with van der Waals surface area (Å²) in [6.07, 6.45) is 8.22. The van der Waals surface area contributed by atoms with Crippen LogP contribution >= 0.6 is 0 Å². The van der Waals surface area contributed by atoms with E-state index in [1.165, 1.54) is 52.0 Å². The van der Waals surface area contributed by atoms with Gasteiger partial charge in [-0.25, -0.2) is 0 Å². The topological polar surface area (TPSA) is 38.8 Å². The smallest absolute Gasteiger partial charge is 0.302 e. The molecule has 5 nitrogen and oxygen atoms in total. The molecule has 2 fully saturated rings. The Morgan fingerprint density at radius 1 is 1.23 bits per heavy atom. The largest absolute Gasteiger partial charge is 0.497 e. The average molecular weight is 418 g/mol. The molecule has 4 rings (SSSR count). The van der Waals surface area contributed by atoms with Gasteiger partial charge in [0, 0.05) is 18.4 Å². The fourth-order valence-electron chi connectivity index (χ4n) is 5.77. The highest BCUT2D eigenvalue weighted by molar-refractivity contribution is 5.65. The second-order valence-electron chi connectivity index (χ2n) is 10.4. The molecule has 0 N–H and O–H groups in total. The number of fused-ring (bicyclic) bond motifs is 1. The van der Waals surface area contributed by atoms with Crippen LogP contribution in [0.4, 0.5) is 0 Å². The minimum absolute atomic E-state index is 0.201. The number of likely N-dealkylation sites (tertiary alicyclic amines) is 1. The number of hydrogen-bond donors (Lipinski definition) is 0. The summed E-state index contributed by atoms with van der Waals surface area (Å²) in [7, 11) is 10.3. The van der Waals surface area contributed by atoms with Gasteiger partial charge >= 0.3 is 5.97 Å². The first-order valence-corrected chi connectivity index (χ1v) is 11.5. The molecule has 0 unspecified atom stereocenters. The molecule has 30 heavy (non-hydrogen) atoms. The van der Waals surface area contributed by atoms with Gasteiger partial charge < -0.3 is 18.9 Å². The van der Waals surface area contributed by atoms with Gasteiger partial charge in [0.2, 0.25) is 0 Å². The zero-order valence-corrected chi connectivity index (χ0v) is 19.9. The third-order valence-corrected chi connectivity index (χ3v) is 7.39. The number of benzene rings is 1. The van der Waals surface area contributed by atoms with Crippen molar-refractivity contribution in [3.05, 3.63) is 29.3 Å². The van der Waals surface area contributed by atoms with Crippen molar-refractivity contribution in [1.29, 1.82) is 0 Å². The van der Waals surface area contributed by atoms with Gasteiger partial charge in [0.05, 0.1) is 28.3 Å². The molecule has 1 aromatic rings. The van der Waals surface area contributed by atoms with E-state index >= 15 is 0 Å². The number of carbonyl (C=O) groups excluding carboxylic acids is 1. The zero-order chi connectivity index (χ0) is 21.9. The quantitative estimate of drug-likeness (QED) is 0.554. The number of ether oxygens (including phenoxy) is 2. The molecule has 2 bridgehead atoms. The van der Waals surface area contributed by atoms with Crippen molar-refractivity contribution in [1.82, 2.24) is 4.90 Å². The normalized spacial score (nSPS) is 27.8. The van der Waals surface area contributed by atoms with E-state index in [1.54, 1.807) is 18.2 Å². The molecule has 0 amide bonds. The van der Waals surface area contributed by atoms with Gasteiger partial charge in [-0.05, 0) is 68.5 Å². The highest BCUT2D eigenvalue weighted by Gasteiger charge is 2.53. The van der Waals surface area contributed by atoms with Crippen LogP contribution in [0.5, 0.6) is 5.75 Å². The molecule has 168 valence electrons. The first kappa shape index (κ1) is 23.1. The van der Waals surface area contributed by atoms with E-state index in [-0.39, 0.29) is 5.97 Å². The summed E-state index contributed by atoms with van der Waals surface area (Å²) >= 11 is 0. The van der Waals surface area contributed by atoms with E-state index < -0.39 is 0 Å². The minimum Gasteiger partial charge on any atom is -0.497 e. The predicted octanol–water partition coefficient (Wildman–Crippen LogP) is 3.64. The summed E-state index contributed by atoms with van der Waals surface area (Å²) in [5.41, 5.74) is 3.67. The molecule has 5 heteroatoms. The van der Waals surface area contributed by atoms with Gasteiger partial charge in [-0.1, -0.05) is 18.9 Å². The summed E-state index contributed by atoms with van der Waals surface area (Å²) in [6.45, 7) is 4.06. The van der Waals surface area contributed by atoms with Gasteiger partial charge in [0.1, 0.15) is 18.9 Å². The van der Waals surface area contributed by atoms with Crippen molar-refractivity contribution in [3.63, 3.8) is 0 Å². The van der Waals surface area contributed by atoms with E-state index in [0.717, 1.165) is 28.7 Å². The van der Waals surface area contributed by atoms with Crippen molar-refractivity contribution in [3.8, 4) is 5.75 Å². The number of piperidine rings is 1. The Morgan fingerprint density at radius 2 is 2.00 bits per heavy atom. The Balaban J connectivity index is 0.000000220. The second-order valence-corrected chi connectivity index (χ2v) is 10.4. The van der Waals surface area contributed by atoms with Crippen LogP contribution in [-0.2, 0) is 21.4 Å². The molecule has 0 radical (unpaired) electrons. The molecular weight excluding hydrogens is 376 g/mol. The summed E-state index contributed by atoms with van der Waals surface area (Å²) < 4.78 is 11.1. The summed E-state index contributed by atoms with van der Waals surface area (Å²) in [5.74, 6) is 1.71. The van der Waals surface area contributed by atoms with Crippen molar-refractivity contribution in [2.45, 2.75) is 56.9 Å². The number of nitrogens with zero attached hydrogens (tertiary/aromatic N) is 2. The lowest BCUT2D eigenvalue weighted by atomic mass is 9.52. The van der Waals surface area contributed by atoms with Crippen LogP contribution in [0, 0.1) is 5.92 Å². The molecule has 3 atom stereocenters. The molecule has 1 heterocycles. The lowest BCUT2D eigenvalue weighted by Crippen LogP contribution is -2.59. The van der Waals surface area contributed by atoms with Crippen molar-refractivity contribution >= 4 is 5.97 Å². The molecule has 1 aliphatic heterocycles. The number of esters is 1. The van der Waals surface area contributed by atoms with Crippen molar-refractivity contribution in [2.75, 3.05) is 55.0 Å². The number of carbonyl (C=O) groups is 1. The van der Waals surface area contributed by atoms with Gasteiger partial charge in [-0.15, -0.1) is 0 Å². The molecule has 0 spiro atoms. The second kappa shape index (κ2) is 9.27. The van der Waals surface area contributed by atoms with Crippen molar-refractivity contribution < 1.29 is 18.8 Å². The maximum atomic E-state index is 10.3. The maximum Gasteiger partial charge on any atom is 0.302 e. The van der Waals surface area contributed by atoms with Crippen molar-refractivity contribution in [2.24, 2.45) is 5.92 Å². The Morgan fingerprint density at radius 3 is 2.67 bits per heavy atom. The van der Waals surface area contributed by atoms with Crippen LogP contribution in [0.25, 0.3) is 0 Å². The standard InChI is InChI=1S/C18H25NO.C7H16NO2/c1-19-10-9-18-8-4-3-5-15(18)17(19)11-13-6-7-14(20-2)12-16(13)18;1-7(9)10-6-5-8(2,3)4/h6-7,12,15,17H,3-5,8-11H2,1-2H3;5-6H2,1-4H3/q;+1/t15-,17+,18+;/m1./s1. The van der Waals surface area contributed by atoms with E-state index in [1.807, 2.05) is 0 Å². The number of likely N-dealkylation sites (N-methyl/N-ethyl adjacent to an activating group) is 2. The van der Waals surface area contributed by atoms with Crippen LogP contribution in [0.2, 0.25) is 0 Å². The van der Waals surface area contributed by atoms with Gasteiger partial charge in [0.15, 0.2) is 0 Å². The number of hydrogen-bond acceptors (Lipinski definition) is 4. The molecular formula is C25H41N2O3+. The van der Waals surface area contributed by atoms with E-state index in [4.69, 9.17) is 9.47 Å². The molecule has 2 aliphatic carbocycles. The number of quaternary nitrogens is 1. The highest BCUT2D eigenvalue weighted by Crippen LogP contribution is 2.55. The lowest BCUT2D eigenvalue weighted by Gasteiger charge is -2.58. The summed E-state index contributed by atoms with van der Waals surface area (Å²) in [6, 6.07) is 7.60. The van der Waals surface area contributed by atoms with Crippen LogP contribution in [0.15, 0.2) is 18.2 Å². The Kier molecular flexibility index (Phi) is 7.13. The first-order chi connectivity index (χ1) is 14.2. The fraction of sp³-hybridized carbons (Fsp3) is 0.720. The number of rotatable bonds is 4. The van der Waals surface area contributed by atoms with Gasteiger partial charge in [0.25, 0.3) is 0 Å². The fourth-order valence-corrected chi connectivity index (χ4v) is 5.77. The lowest BCUT2D eigenvalue weighted by molar-refractivity contribution is -0.870. The Hall–Kier alpha value is -1.59. The van der Waals surface area contributed by atoms with Crippen LogP contribution in [0.3, 0.4) is 0 Å². The summed E-state index contributed by atoms with van der Waals surface area (Å²) in [5, 5.41) is 0. The SMILES string of the molecule is CC(=O)OCC[N+](C)(C)C.COc1ccc2c(c1)[C@]13CCCC[C@@H]1[C@H](C2)N(C)CC3.